The number of nitrogens with zero attached hydrogens (tertiary/aromatic N) is 5. The Kier molecular flexibility index (Phi) is 11.3. The van der Waals surface area contributed by atoms with E-state index in [0.717, 1.165) is 85.6 Å². The molecule has 0 bridgehead atoms. The van der Waals surface area contributed by atoms with Gasteiger partial charge in [0, 0.05) is 57.9 Å². The number of aryl methyl sites for hydroxylation is 1. The third-order valence-electron chi connectivity index (χ3n) is 12.1. The first kappa shape index (κ1) is 36.8. The van der Waals surface area contributed by atoms with Crippen LogP contribution in [0.4, 0.5) is 21.0 Å². The minimum absolute atomic E-state index is 0.00750. The Hall–Kier alpha value is -4.52. The van der Waals surface area contributed by atoms with E-state index in [9.17, 15) is 24.3 Å². The first-order valence-electron chi connectivity index (χ1n) is 19.4. The zero-order valence-electron chi connectivity index (χ0n) is 31.1. The standard InChI is InChI=1S/C40H54N6O7/c1-27-23-28(24-34-37(27)42(2)21-22-52-34)25-35(38(49)44-16-9-30(10-17-44)29-7-14-43(15-8-29)26-36(47)48)53-40(51)45-18-12-32(13-19-45)46-20-11-31-5-3-4-6-33(31)41-39(46)50/h3-6,23-24,29-30,32,35H,7-22,25-26H2,1-2H3,(H,41,50)(H,47,48)/t35-/m1/s1. The first-order valence-corrected chi connectivity index (χ1v) is 19.4. The van der Waals surface area contributed by atoms with Crippen LogP contribution in [-0.2, 0) is 27.2 Å². The molecule has 0 aromatic heterocycles. The summed E-state index contributed by atoms with van der Waals surface area (Å²) in [5.74, 6) is 0.850. The number of para-hydroxylation sites is 1. The molecule has 2 aromatic carbocycles. The molecule has 5 heterocycles. The Morgan fingerprint density at radius 3 is 2.30 bits per heavy atom. The SMILES string of the molecule is Cc1cc(C[C@@H](OC(=O)N2CCC(N3CCc4ccccc4NC3=O)CC2)C(=O)N2CCC(C3CCN(CC(=O)O)CC3)CC2)cc2c1N(C)CCO2. The van der Waals surface area contributed by atoms with Crippen LogP contribution >= 0.6 is 0 Å². The number of urea groups is 1. The van der Waals surface area contributed by atoms with Crippen LogP contribution in [0.5, 0.6) is 5.75 Å². The summed E-state index contributed by atoms with van der Waals surface area (Å²) >= 11 is 0. The Labute approximate surface area is 312 Å². The summed E-state index contributed by atoms with van der Waals surface area (Å²) in [5.41, 5.74) is 4.95. The average molecular weight is 731 g/mol. The maximum absolute atomic E-state index is 14.3. The number of benzene rings is 2. The van der Waals surface area contributed by atoms with Crippen molar-refractivity contribution >= 4 is 35.4 Å². The van der Waals surface area contributed by atoms with E-state index in [4.69, 9.17) is 9.47 Å². The van der Waals surface area contributed by atoms with Crippen LogP contribution < -0.4 is 15.0 Å². The van der Waals surface area contributed by atoms with E-state index >= 15 is 0 Å². The van der Waals surface area contributed by atoms with Gasteiger partial charge in [0.25, 0.3) is 5.91 Å². The minimum Gasteiger partial charge on any atom is -0.490 e. The number of rotatable bonds is 8. The molecule has 13 nitrogen and oxygen atoms in total. The van der Waals surface area contributed by atoms with Gasteiger partial charge in [-0.05, 0) is 106 Å². The molecule has 0 unspecified atom stereocenters. The van der Waals surface area contributed by atoms with Gasteiger partial charge in [-0.2, -0.15) is 0 Å². The maximum atomic E-state index is 14.3. The molecule has 53 heavy (non-hydrogen) atoms. The molecule has 4 amide bonds. The number of hydrogen-bond acceptors (Lipinski definition) is 8. The van der Waals surface area contributed by atoms with Crippen LogP contribution in [0.2, 0.25) is 0 Å². The zero-order chi connectivity index (χ0) is 37.1. The largest absolute Gasteiger partial charge is 0.490 e. The number of nitrogens with one attached hydrogen (secondary N) is 1. The number of carboxylic acids is 1. The Bertz CT molecular complexity index is 1660. The fraction of sp³-hybridized carbons (Fsp3) is 0.600. The van der Waals surface area contributed by atoms with Gasteiger partial charge in [-0.3, -0.25) is 14.5 Å². The van der Waals surface area contributed by atoms with Crippen molar-refractivity contribution in [2.24, 2.45) is 11.8 Å². The molecule has 286 valence electrons. The highest BCUT2D eigenvalue weighted by Crippen LogP contribution is 2.37. The van der Waals surface area contributed by atoms with Crippen molar-refractivity contribution < 1.29 is 33.8 Å². The molecule has 0 spiro atoms. The summed E-state index contributed by atoms with van der Waals surface area (Å²) in [6, 6.07) is 11.8. The molecule has 0 aliphatic carbocycles. The fourth-order valence-corrected chi connectivity index (χ4v) is 9.20. The van der Waals surface area contributed by atoms with Crippen LogP contribution in [0.3, 0.4) is 0 Å². The highest BCUT2D eigenvalue weighted by atomic mass is 16.6. The van der Waals surface area contributed by atoms with E-state index in [-0.39, 0.29) is 30.9 Å². The van der Waals surface area contributed by atoms with Gasteiger partial charge < -0.3 is 39.5 Å². The number of amides is 4. The van der Waals surface area contributed by atoms with Gasteiger partial charge in [0.2, 0.25) is 0 Å². The van der Waals surface area contributed by atoms with Gasteiger partial charge in [-0.15, -0.1) is 0 Å². The number of likely N-dealkylation sites (N-methyl/N-ethyl adjacent to an activating group) is 1. The minimum atomic E-state index is -0.982. The van der Waals surface area contributed by atoms with Gasteiger partial charge in [-0.25, -0.2) is 9.59 Å². The van der Waals surface area contributed by atoms with E-state index in [1.165, 1.54) is 0 Å². The van der Waals surface area contributed by atoms with Crippen LogP contribution in [0.1, 0.15) is 55.2 Å². The highest BCUT2D eigenvalue weighted by molar-refractivity contribution is 5.91. The number of likely N-dealkylation sites (tertiary alicyclic amines) is 3. The van der Waals surface area contributed by atoms with Crippen molar-refractivity contribution in [1.29, 1.82) is 0 Å². The molecule has 3 fully saturated rings. The van der Waals surface area contributed by atoms with Crippen LogP contribution in [0, 0.1) is 18.8 Å². The molecular weight excluding hydrogens is 676 g/mol. The lowest BCUT2D eigenvalue weighted by atomic mass is 9.78. The lowest BCUT2D eigenvalue weighted by Gasteiger charge is -2.41. The summed E-state index contributed by atoms with van der Waals surface area (Å²) in [7, 11) is 2.05. The average Bonchev–Trinajstić information content (AvgIpc) is 3.32. The van der Waals surface area contributed by atoms with Crippen molar-refractivity contribution in [3.63, 3.8) is 0 Å². The fourth-order valence-electron chi connectivity index (χ4n) is 9.20. The Morgan fingerprint density at radius 2 is 1.58 bits per heavy atom. The second-order valence-corrected chi connectivity index (χ2v) is 15.5. The number of ether oxygens (including phenoxy) is 2. The van der Waals surface area contributed by atoms with Gasteiger partial charge in [0.1, 0.15) is 12.4 Å². The molecule has 2 aromatic rings. The number of hydrogen-bond donors (Lipinski definition) is 2. The van der Waals surface area contributed by atoms with Crippen LogP contribution in [0.25, 0.3) is 0 Å². The van der Waals surface area contributed by atoms with E-state index in [1.807, 2.05) is 59.0 Å². The third-order valence-corrected chi connectivity index (χ3v) is 12.1. The molecular formula is C40H54N6O7. The number of carbonyl (C=O) groups is 4. The predicted octanol–water partition coefficient (Wildman–Crippen LogP) is 4.46. The van der Waals surface area contributed by atoms with Gasteiger partial charge in [0.15, 0.2) is 6.10 Å². The summed E-state index contributed by atoms with van der Waals surface area (Å²) in [4.78, 5) is 62.0. The molecule has 3 saturated heterocycles. The van der Waals surface area contributed by atoms with Crippen LogP contribution in [0.15, 0.2) is 36.4 Å². The summed E-state index contributed by atoms with van der Waals surface area (Å²) in [6.07, 6.45) is 4.54. The second kappa shape index (κ2) is 16.2. The lowest BCUT2D eigenvalue weighted by molar-refractivity contribution is -0.142. The molecule has 0 radical (unpaired) electrons. The predicted molar refractivity (Wildman–Crippen MR) is 200 cm³/mol. The maximum Gasteiger partial charge on any atom is 0.410 e. The number of fused-ring (bicyclic) bond motifs is 2. The molecule has 2 N–H and O–H groups in total. The topological polar surface area (TPSA) is 135 Å². The lowest BCUT2D eigenvalue weighted by Crippen LogP contribution is -2.52. The van der Waals surface area contributed by atoms with Gasteiger partial charge in [-0.1, -0.05) is 24.3 Å². The molecule has 1 atom stereocenters. The molecule has 0 saturated carbocycles. The first-order chi connectivity index (χ1) is 25.6. The Morgan fingerprint density at radius 1 is 0.906 bits per heavy atom. The number of aliphatic carboxylic acids is 1. The summed E-state index contributed by atoms with van der Waals surface area (Å²) in [5, 5.41) is 12.2. The van der Waals surface area contributed by atoms with Crippen molar-refractivity contribution in [3.8, 4) is 5.75 Å². The van der Waals surface area contributed by atoms with Gasteiger partial charge >= 0.3 is 18.1 Å². The van der Waals surface area contributed by atoms with E-state index in [1.54, 1.807) is 4.90 Å². The smallest absolute Gasteiger partial charge is 0.410 e. The molecule has 5 aliphatic rings. The number of carboxylic acid groups (broad SMARTS) is 1. The van der Waals surface area contributed by atoms with E-state index in [2.05, 4.69) is 16.3 Å². The molecule has 5 aliphatic heterocycles. The van der Waals surface area contributed by atoms with Crippen LogP contribution in [-0.4, -0.2) is 133 Å². The number of anilines is 2. The second-order valence-electron chi connectivity index (χ2n) is 15.5. The monoisotopic (exact) mass is 730 g/mol. The van der Waals surface area contributed by atoms with Gasteiger partial charge in [0.05, 0.1) is 18.8 Å². The van der Waals surface area contributed by atoms with Crippen molar-refractivity contribution in [1.82, 2.24) is 19.6 Å². The summed E-state index contributed by atoms with van der Waals surface area (Å²) in [6.45, 7) is 7.83. The Balaban J connectivity index is 0.991. The van der Waals surface area contributed by atoms with E-state index < -0.39 is 18.2 Å². The van der Waals surface area contributed by atoms with Crippen molar-refractivity contribution in [3.05, 3.63) is 53.1 Å². The van der Waals surface area contributed by atoms with E-state index in [0.29, 0.717) is 64.0 Å². The normalized spacial score (nSPS) is 21.2. The number of carbonyl (C=O) groups excluding carboxylic acids is 3. The zero-order valence-corrected chi connectivity index (χ0v) is 31.1. The quantitative estimate of drug-likeness (QED) is 0.404. The van der Waals surface area contributed by atoms with Crippen molar-refractivity contribution in [2.75, 3.05) is 82.8 Å². The number of piperidine rings is 3. The third kappa shape index (κ3) is 8.50. The summed E-state index contributed by atoms with van der Waals surface area (Å²) < 4.78 is 12.2. The molecule has 13 heteroatoms. The molecule has 7 rings (SSSR count). The van der Waals surface area contributed by atoms with Crippen molar-refractivity contribution in [2.45, 2.75) is 70.4 Å². The highest BCUT2D eigenvalue weighted by Gasteiger charge is 2.37.